The fourth-order valence-electron chi connectivity index (χ4n) is 3.23. The number of hydrogen-bond donors (Lipinski definition) is 2. The van der Waals surface area contributed by atoms with Gasteiger partial charge < -0.3 is 29.6 Å². The van der Waals surface area contributed by atoms with Crippen molar-refractivity contribution in [3.05, 3.63) is 87.6 Å². The topological polar surface area (TPSA) is 138 Å². The monoisotopic (exact) mass is 482 g/mol. The van der Waals surface area contributed by atoms with Crippen LogP contribution in [0.1, 0.15) is 11.1 Å². The summed E-state index contributed by atoms with van der Waals surface area (Å²) >= 11 is 0. The summed E-state index contributed by atoms with van der Waals surface area (Å²) in [5.41, 5.74) is -0.656. The number of amides is 1. The van der Waals surface area contributed by atoms with Gasteiger partial charge in [0, 0.05) is 38.5 Å². The van der Waals surface area contributed by atoms with Gasteiger partial charge in [0.25, 0.3) is 11.6 Å². The van der Waals surface area contributed by atoms with Gasteiger partial charge in [0.1, 0.15) is 24.3 Å². The Morgan fingerprint density at radius 1 is 1.26 bits per heavy atom. The number of methoxy groups -OCH3 is 1. The van der Waals surface area contributed by atoms with Crippen LogP contribution in [-0.4, -0.2) is 64.0 Å². The number of carbonyl (C=O) groups is 1. The van der Waals surface area contributed by atoms with Crippen molar-refractivity contribution in [1.29, 1.82) is 0 Å². The van der Waals surface area contributed by atoms with Crippen molar-refractivity contribution in [1.82, 2.24) is 9.80 Å². The molecular formula is C24H26N4O7. The SMILES string of the molecule is COc1ccc(CON=CC2(O)C=CC(C(=O)N(C)C)=CN2Cc2ccc([N+](=O)[O-])cc2O)cc1. The number of phenols is 1. The summed E-state index contributed by atoms with van der Waals surface area (Å²) in [6.07, 6.45) is 5.41. The van der Waals surface area contributed by atoms with E-state index in [0.29, 0.717) is 11.3 Å². The molecule has 11 heteroatoms. The molecule has 0 radical (unpaired) electrons. The molecule has 1 aliphatic heterocycles. The largest absolute Gasteiger partial charge is 0.507 e. The van der Waals surface area contributed by atoms with Crippen molar-refractivity contribution < 1.29 is 29.5 Å². The second kappa shape index (κ2) is 10.7. The van der Waals surface area contributed by atoms with E-state index in [1.54, 1.807) is 33.3 Å². The number of carbonyl (C=O) groups excluding carboxylic acids is 1. The van der Waals surface area contributed by atoms with E-state index in [-0.39, 0.29) is 36.1 Å². The Labute approximate surface area is 201 Å². The third-order valence-electron chi connectivity index (χ3n) is 5.24. The molecule has 35 heavy (non-hydrogen) atoms. The number of aliphatic hydroxyl groups is 1. The number of benzene rings is 2. The molecule has 2 aromatic rings. The standard InChI is InChI=1S/C24H26N4O7/c1-26(2)23(30)19-10-11-24(31,16-25-35-15-17-4-8-21(34-3)9-5-17)27(14-19)13-18-6-7-20(28(32)33)12-22(18)29/h4-12,14,16,29,31H,13,15H2,1-3H3. The molecule has 184 valence electrons. The first-order valence-electron chi connectivity index (χ1n) is 10.5. The predicted octanol–water partition coefficient (Wildman–Crippen LogP) is 2.54. The van der Waals surface area contributed by atoms with Gasteiger partial charge in [-0.05, 0) is 35.9 Å². The van der Waals surface area contributed by atoms with Gasteiger partial charge in [-0.15, -0.1) is 0 Å². The first-order valence-corrected chi connectivity index (χ1v) is 10.5. The lowest BCUT2D eigenvalue weighted by molar-refractivity contribution is -0.384. The molecule has 3 rings (SSSR count). The fraction of sp³-hybridized carbons (Fsp3) is 0.250. The summed E-state index contributed by atoms with van der Waals surface area (Å²) in [6.45, 7) is 0.0585. The third kappa shape index (κ3) is 6.15. The lowest BCUT2D eigenvalue weighted by Crippen LogP contribution is -2.47. The number of oxime groups is 1. The molecule has 11 nitrogen and oxygen atoms in total. The van der Waals surface area contributed by atoms with Gasteiger partial charge in [0.15, 0.2) is 5.72 Å². The molecule has 1 amide bonds. The molecule has 0 bridgehead atoms. The van der Waals surface area contributed by atoms with Crippen molar-refractivity contribution in [3.8, 4) is 11.5 Å². The highest BCUT2D eigenvalue weighted by Gasteiger charge is 2.33. The Bertz CT molecular complexity index is 1170. The number of phenolic OH excluding ortho intramolecular Hbond substituents is 1. The summed E-state index contributed by atoms with van der Waals surface area (Å²) in [6, 6.07) is 10.8. The molecule has 0 fully saturated rings. The first-order chi connectivity index (χ1) is 16.6. The Balaban J connectivity index is 1.81. The van der Waals surface area contributed by atoms with Crippen LogP contribution in [0.3, 0.4) is 0 Å². The van der Waals surface area contributed by atoms with Gasteiger partial charge in [-0.25, -0.2) is 0 Å². The van der Waals surface area contributed by atoms with Crippen LogP contribution in [0.15, 0.2) is 71.5 Å². The second-order valence-corrected chi connectivity index (χ2v) is 7.95. The molecular weight excluding hydrogens is 456 g/mol. The zero-order valence-electron chi connectivity index (χ0n) is 19.5. The summed E-state index contributed by atoms with van der Waals surface area (Å²) < 4.78 is 5.11. The van der Waals surface area contributed by atoms with E-state index < -0.39 is 10.6 Å². The van der Waals surface area contributed by atoms with Gasteiger partial charge in [-0.3, -0.25) is 14.9 Å². The fourth-order valence-corrected chi connectivity index (χ4v) is 3.23. The van der Waals surface area contributed by atoms with Crippen molar-refractivity contribution in [3.63, 3.8) is 0 Å². The molecule has 0 aliphatic carbocycles. The van der Waals surface area contributed by atoms with Gasteiger partial charge in [-0.1, -0.05) is 17.3 Å². The predicted molar refractivity (Wildman–Crippen MR) is 127 cm³/mol. The Hall–Kier alpha value is -4.38. The van der Waals surface area contributed by atoms with E-state index in [1.165, 1.54) is 40.3 Å². The minimum absolute atomic E-state index is 0.0840. The van der Waals surface area contributed by atoms with Crippen LogP contribution < -0.4 is 4.74 Å². The summed E-state index contributed by atoms with van der Waals surface area (Å²) in [7, 11) is 4.76. The number of aromatic hydroxyl groups is 1. The normalized spacial score (nSPS) is 17.3. The minimum Gasteiger partial charge on any atom is -0.507 e. The average molecular weight is 482 g/mol. The highest BCUT2D eigenvalue weighted by atomic mass is 16.6. The van der Waals surface area contributed by atoms with Crippen LogP contribution in [0.25, 0.3) is 0 Å². The molecule has 2 N–H and O–H groups in total. The van der Waals surface area contributed by atoms with Crippen LogP contribution >= 0.6 is 0 Å². The zero-order valence-corrected chi connectivity index (χ0v) is 19.5. The number of hydrogen-bond acceptors (Lipinski definition) is 9. The lowest BCUT2D eigenvalue weighted by atomic mass is 10.0. The average Bonchev–Trinajstić information content (AvgIpc) is 2.84. The number of nitro groups is 1. The van der Waals surface area contributed by atoms with E-state index in [1.807, 2.05) is 12.1 Å². The summed E-state index contributed by atoms with van der Waals surface area (Å²) in [4.78, 5) is 30.9. The van der Waals surface area contributed by atoms with Crippen molar-refractivity contribution in [2.45, 2.75) is 18.9 Å². The summed E-state index contributed by atoms with van der Waals surface area (Å²) in [5, 5.41) is 36.4. The highest BCUT2D eigenvalue weighted by Crippen LogP contribution is 2.29. The van der Waals surface area contributed by atoms with Crippen LogP contribution in [0.4, 0.5) is 5.69 Å². The van der Waals surface area contributed by atoms with Crippen LogP contribution in [-0.2, 0) is 22.8 Å². The van der Waals surface area contributed by atoms with Crippen LogP contribution in [0, 0.1) is 10.1 Å². The van der Waals surface area contributed by atoms with E-state index in [2.05, 4.69) is 5.16 Å². The van der Waals surface area contributed by atoms with E-state index in [0.717, 1.165) is 17.8 Å². The van der Waals surface area contributed by atoms with Gasteiger partial charge in [0.2, 0.25) is 0 Å². The number of ether oxygens (including phenoxy) is 1. The lowest BCUT2D eigenvalue weighted by Gasteiger charge is -2.37. The molecule has 0 spiro atoms. The third-order valence-corrected chi connectivity index (χ3v) is 5.24. The van der Waals surface area contributed by atoms with Crippen molar-refractivity contribution >= 4 is 17.8 Å². The maximum Gasteiger partial charge on any atom is 0.273 e. The Kier molecular flexibility index (Phi) is 7.72. The Morgan fingerprint density at radius 2 is 1.97 bits per heavy atom. The quantitative estimate of drug-likeness (QED) is 0.316. The molecule has 1 unspecified atom stereocenters. The van der Waals surface area contributed by atoms with Crippen LogP contribution in [0.5, 0.6) is 11.5 Å². The van der Waals surface area contributed by atoms with Crippen molar-refractivity contribution in [2.24, 2.45) is 5.16 Å². The van der Waals surface area contributed by atoms with E-state index in [9.17, 15) is 25.1 Å². The summed E-state index contributed by atoms with van der Waals surface area (Å²) in [5.74, 6) is 0.0884. The second-order valence-electron chi connectivity index (χ2n) is 7.95. The zero-order chi connectivity index (χ0) is 25.6. The minimum atomic E-state index is -1.80. The number of rotatable bonds is 9. The van der Waals surface area contributed by atoms with Gasteiger partial charge in [0.05, 0.1) is 23.7 Å². The Morgan fingerprint density at radius 3 is 2.57 bits per heavy atom. The van der Waals surface area contributed by atoms with E-state index >= 15 is 0 Å². The van der Waals surface area contributed by atoms with Gasteiger partial charge in [-0.2, -0.15) is 0 Å². The molecule has 2 aromatic carbocycles. The van der Waals surface area contributed by atoms with Gasteiger partial charge >= 0.3 is 0 Å². The first kappa shape index (κ1) is 25.2. The highest BCUT2D eigenvalue weighted by molar-refractivity contribution is 5.96. The van der Waals surface area contributed by atoms with Crippen molar-refractivity contribution in [2.75, 3.05) is 21.2 Å². The molecule has 0 aromatic heterocycles. The number of non-ortho nitro benzene ring substituents is 1. The number of nitro benzene ring substituents is 1. The molecule has 1 aliphatic rings. The van der Waals surface area contributed by atoms with Crippen LogP contribution in [0.2, 0.25) is 0 Å². The maximum absolute atomic E-state index is 12.5. The molecule has 0 saturated heterocycles. The number of likely N-dealkylation sites (N-methyl/N-ethyl adjacent to an activating group) is 1. The number of nitrogens with zero attached hydrogens (tertiary/aromatic N) is 4. The maximum atomic E-state index is 12.5. The van der Waals surface area contributed by atoms with E-state index in [4.69, 9.17) is 9.57 Å². The molecule has 1 atom stereocenters. The molecule has 1 heterocycles. The smallest absolute Gasteiger partial charge is 0.273 e. The molecule has 0 saturated carbocycles.